The molecule has 1 nitrogen and oxygen atoms in total. The smallest absolute Gasteiger partial charge is 0.0827 e. The molecule has 1 aliphatic carbocycles. The first-order valence-corrected chi connectivity index (χ1v) is 4.46. The molecule has 0 amide bonds. The molecule has 0 heterocycles. The van der Waals surface area contributed by atoms with Crippen molar-refractivity contribution in [3.05, 3.63) is 60.2 Å². The van der Waals surface area contributed by atoms with E-state index in [2.05, 4.69) is 0 Å². The molecular weight excluding hydrogens is 160 g/mol. The lowest BCUT2D eigenvalue weighted by atomic mass is 9.90. The molecule has 1 aromatic rings. The van der Waals surface area contributed by atoms with E-state index < -0.39 is 0 Å². The standard InChI is InChI=1S/C12H12O/c13-12-9-5-4-8-11(12)10-6-2-1-3-7-10/h1-9,11-13H. The third kappa shape index (κ3) is 1.70. The molecule has 1 aromatic carbocycles. The van der Waals surface area contributed by atoms with Crippen molar-refractivity contribution in [1.82, 2.24) is 0 Å². The monoisotopic (exact) mass is 172 g/mol. The number of aliphatic hydroxyl groups excluding tert-OH is 1. The summed E-state index contributed by atoms with van der Waals surface area (Å²) in [6.07, 6.45) is 7.32. The molecular formula is C12H12O. The maximum atomic E-state index is 9.68. The van der Waals surface area contributed by atoms with Crippen LogP contribution >= 0.6 is 0 Å². The van der Waals surface area contributed by atoms with Gasteiger partial charge in [0.25, 0.3) is 0 Å². The minimum Gasteiger partial charge on any atom is -0.388 e. The van der Waals surface area contributed by atoms with Crippen LogP contribution in [0.15, 0.2) is 54.6 Å². The molecule has 66 valence electrons. The maximum absolute atomic E-state index is 9.68. The minimum atomic E-state index is -0.382. The van der Waals surface area contributed by atoms with Gasteiger partial charge < -0.3 is 5.11 Å². The molecule has 0 bridgehead atoms. The highest BCUT2D eigenvalue weighted by Crippen LogP contribution is 2.24. The van der Waals surface area contributed by atoms with Crippen molar-refractivity contribution in [2.45, 2.75) is 12.0 Å². The quantitative estimate of drug-likeness (QED) is 0.689. The predicted molar refractivity (Wildman–Crippen MR) is 53.5 cm³/mol. The van der Waals surface area contributed by atoms with Crippen molar-refractivity contribution in [3.63, 3.8) is 0 Å². The fourth-order valence-electron chi connectivity index (χ4n) is 1.58. The van der Waals surface area contributed by atoms with Gasteiger partial charge in [-0.15, -0.1) is 0 Å². The van der Waals surface area contributed by atoms with Crippen molar-refractivity contribution in [1.29, 1.82) is 0 Å². The average Bonchev–Trinajstić information content (AvgIpc) is 2.20. The molecule has 2 atom stereocenters. The summed E-state index contributed by atoms with van der Waals surface area (Å²) in [5.41, 5.74) is 1.16. The summed E-state index contributed by atoms with van der Waals surface area (Å²) < 4.78 is 0. The van der Waals surface area contributed by atoms with Crippen LogP contribution < -0.4 is 0 Å². The normalized spacial score (nSPS) is 26.2. The second-order valence-electron chi connectivity index (χ2n) is 3.20. The lowest BCUT2D eigenvalue weighted by Crippen LogP contribution is -2.15. The molecule has 2 unspecified atom stereocenters. The zero-order valence-corrected chi connectivity index (χ0v) is 7.30. The minimum absolute atomic E-state index is 0.117. The third-order valence-electron chi connectivity index (χ3n) is 2.29. The van der Waals surface area contributed by atoms with E-state index in [0.29, 0.717) is 0 Å². The van der Waals surface area contributed by atoms with E-state index in [1.54, 1.807) is 0 Å². The number of rotatable bonds is 1. The van der Waals surface area contributed by atoms with Gasteiger partial charge in [0.05, 0.1) is 6.10 Å². The highest BCUT2D eigenvalue weighted by atomic mass is 16.3. The van der Waals surface area contributed by atoms with E-state index in [0.717, 1.165) is 5.56 Å². The molecule has 0 aromatic heterocycles. The number of allylic oxidation sites excluding steroid dienone is 2. The summed E-state index contributed by atoms with van der Waals surface area (Å²) in [7, 11) is 0. The lowest BCUT2D eigenvalue weighted by molar-refractivity contribution is 0.206. The molecule has 0 radical (unpaired) electrons. The first kappa shape index (κ1) is 8.27. The van der Waals surface area contributed by atoms with Crippen LogP contribution in [0.1, 0.15) is 11.5 Å². The molecule has 0 aliphatic heterocycles. The fourth-order valence-corrected chi connectivity index (χ4v) is 1.58. The molecule has 2 rings (SSSR count). The molecule has 0 fully saturated rings. The van der Waals surface area contributed by atoms with Gasteiger partial charge in [-0.05, 0) is 5.56 Å². The molecule has 0 saturated heterocycles. The van der Waals surface area contributed by atoms with Crippen LogP contribution in [0.5, 0.6) is 0 Å². The van der Waals surface area contributed by atoms with Gasteiger partial charge in [-0.3, -0.25) is 0 Å². The van der Waals surface area contributed by atoms with Crippen molar-refractivity contribution in [3.8, 4) is 0 Å². The lowest BCUT2D eigenvalue weighted by Gasteiger charge is -2.19. The Morgan fingerprint density at radius 2 is 1.62 bits per heavy atom. The summed E-state index contributed by atoms with van der Waals surface area (Å²) in [5, 5.41) is 9.68. The van der Waals surface area contributed by atoms with Gasteiger partial charge in [-0.25, -0.2) is 0 Å². The van der Waals surface area contributed by atoms with Gasteiger partial charge in [-0.2, -0.15) is 0 Å². The summed E-state index contributed by atoms with van der Waals surface area (Å²) in [4.78, 5) is 0. The number of aliphatic hydroxyl groups is 1. The van der Waals surface area contributed by atoms with Crippen LogP contribution in [0, 0.1) is 0 Å². The highest BCUT2D eigenvalue weighted by Gasteiger charge is 2.16. The molecule has 0 spiro atoms. The Morgan fingerprint density at radius 3 is 2.31 bits per heavy atom. The zero-order chi connectivity index (χ0) is 9.10. The predicted octanol–water partition coefficient (Wildman–Crippen LogP) is 2.26. The Hall–Kier alpha value is -1.34. The van der Waals surface area contributed by atoms with Crippen molar-refractivity contribution >= 4 is 0 Å². The number of hydrogen-bond donors (Lipinski definition) is 1. The summed E-state index contributed by atoms with van der Waals surface area (Å²) in [5.74, 6) is 0.117. The van der Waals surface area contributed by atoms with Crippen LogP contribution in [0.3, 0.4) is 0 Å². The van der Waals surface area contributed by atoms with E-state index in [1.807, 2.05) is 54.6 Å². The summed E-state index contributed by atoms with van der Waals surface area (Å²) >= 11 is 0. The van der Waals surface area contributed by atoms with Crippen LogP contribution in [-0.2, 0) is 0 Å². The van der Waals surface area contributed by atoms with Crippen LogP contribution in [0.25, 0.3) is 0 Å². The van der Waals surface area contributed by atoms with Crippen molar-refractivity contribution in [2.75, 3.05) is 0 Å². The van der Waals surface area contributed by atoms with Crippen LogP contribution in [-0.4, -0.2) is 11.2 Å². The molecule has 0 saturated carbocycles. The average molecular weight is 172 g/mol. The first-order chi connectivity index (χ1) is 6.38. The van der Waals surface area contributed by atoms with E-state index in [9.17, 15) is 5.11 Å². The second-order valence-corrected chi connectivity index (χ2v) is 3.20. The Labute approximate surface area is 78.0 Å². The zero-order valence-electron chi connectivity index (χ0n) is 7.30. The van der Waals surface area contributed by atoms with E-state index >= 15 is 0 Å². The summed E-state index contributed by atoms with van der Waals surface area (Å²) in [6.45, 7) is 0. The first-order valence-electron chi connectivity index (χ1n) is 4.46. The van der Waals surface area contributed by atoms with Gasteiger partial charge >= 0.3 is 0 Å². The largest absolute Gasteiger partial charge is 0.388 e. The number of hydrogen-bond acceptors (Lipinski definition) is 1. The topological polar surface area (TPSA) is 20.2 Å². The molecule has 1 N–H and O–H groups in total. The highest BCUT2D eigenvalue weighted by molar-refractivity contribution is 5.31. The summed E-state index contributed by atoms with van der Waals surface area (Å²) in [6, 6.07) is 10.1. The second kappa shape index (κ2) is 3.58. The Bertz CT molecular complexity index is 324. The fraction of sp³-hybridized carbons (Fsp3) is 0.167. The van der Waals surface area contributed by atoms with Crippen molar-refractivity contribution in [2.24, 2.45) is 0 Å². The van der Waals surface area contributed by atoms with Gasteiger partial charge in [0.2, 0.25) is 0 Å². The van der Waals surface area contributed by atoms with E-state index in [4.69, 9.17) is 0 Å². The molecule has 1 heteroatoms. The molecule has 1 aliphatic rings. The Balaban J connectivity index is 2.27. The molecule has 13 heavy (non-hydrogen) atoms. The van der Waals surface area contributed by atoms with Crippen molar-refractivity contribution < 1.29 is 5.11 Å². The number of benzene rings is 1. The SMILES string of the molecule is OC1C=CC=CC1c1ccccc1. The third-order valence-corrected chi connectivity index (χ3v) is 2.29. The van der Waals surface area contributed by atoms with E-state index in [-0.39, 0.29) is 12.0 Å². The van der Waals surface area contributed by atoms with Gasteiger partial charge in [0.1, 0.15) is 0 Å². The van der Waals surface area contributed by atoms with Crippen LogP contribution in [0.4, 0.5) is 0 Å². The van der Waals surface area contributed by atoms with Gasteiger partial charge in [0, 0.05) is 5.92 Å². The maximum Gasteiger partial charge on any atom is 0.0827 e. The van der Waals surface area contributed by atoms with Gasteiger partial charge in [-0.1, -0.05) is 54.6 Å². The van der Waals surface area contributed by atoms with Gasteiger partial charge in [0.15, 0.2) is 0 Å². The van der Waals surface area contributed by atoms with Crippen LogP contribution in [0.2, 0.25) is 0 Å². The Morgan fingerprint density at radius 1 is 0.923 bits per heavy atom. The van der Waals surface area contributed by atoms with E-state index in [1.165, 1.54) is 0 Å². The Kier molecular flexibility index (Phi) is 2.28.